The Morgan fingerprint density at radius 3 is 2.59 bits per heavy atom. The lowest BCUT2D eigenvalue weighted by Gasteiger charge is -2.08. The molecule has 0 radical (unpaired) electrons. The molecule has 0 aliphatic heterocycles. The lowest BCUT2D eigenvalue weighted by atomic mass is 10.2. The maximum Gasteiger partial charge on any atom is 0.232 e. The van der Waals surface area contributed by atoms with Crippen LogP contribution in [0.4, 0.5) is 10.1 Å². The Morgan fingerprint density at radius 2 is 2.00 bits per heavy atom. The van der Waals surface area contributed by atoms with Crippen molar-refractivity contribution in [3.05, 3.63) is 29.6 Å². The molecule has 0 unspecified atom stereocenters. The van der Waals surface area contributed by atoms with Gasteiger partial charge in [-0.1, -0.05) is 0 Å². The summed E-state index contributed by atoms with van der Waals surface area (Å²) in [7, 11) is -3.42. The molecule has 0 saturated carbocycles. The van der Waals surface area contributed by atoms with Gasteiger partial charge in [-0.15, -0.1) is 11.6 Å². The Morgan fingerprint density at radius 1 is 1.29 bits per heavy atom. The number of unbranched alkanes of at least 4 members (excludes halogenated alkanes) is 1. The van der Waals surface area contributed by atoms with Gasteiger partial charge in [-0.25, -0.2) is 12.8 Å². The molecule has 0 aliphatic rings. The van der Waals surface area contributed by atoms with E-state index in [-0.39, 0.29) is 11.4 Å². The number of nitrogens with one attached hydrogen (secondary N) is 1. The van der Waals surface area contributed by atoms with Crippen LogP contribution in [-0.4, -0.2) is 20.1 Å². The molecule has 17 heavy (non-hydrogen) atoms. The quantitative estimate of drug-likeness (QED) is 0.643. The van der Waals surface area contributed by atoms with Crippen LogP contribution in [0.3, 0.4) is 0 Å². The number of aryl methyl sites for hydroxylation is 1. The van der Waals surface area contributed by atoms with E-state index in [0.29, 0.717) is 24.3 Å². The van der Waals surface area contributed by atoms with Gasteiger partial charge in [-0.2, -0.15) is 0 Å². The number of hydrogen-bond donors (Lipinski definition) is 1. The number of hydrogen-bond acceptors (Lipinski definition) is 2. The van der Waals surface area contributed by atoms with E-state index >= 15 is 0 Å². The fourth-order valence-electron chi connectivity index (χ4n) is 1.41. The third-order valence-corrected chi connectivity index (χ3v) is 3.75. The maximum absolute atomic E-state index is 13.1. The first kappa shape index (κ1) is 14.3. The molecule has 1 rings (SSSR count). The monoisotopic (exact) mass is 279 g/mol. The van der Waals surface area contributed by atoms with Crippen molar-refractivity contribution >= 4 is 27.3 Å². The summed E-state index contributed by atoms with van der Waals surface area (Å²) in [4.78, 5) is 0. The molecule has 1 aromatic rings. The van der Waals surface area contributed by atoms with E-state index in [1.165, 1.54) is 6.07 Å². The van der Waals surface area contributed by atoms with Gasteiger partial charge in [-0.3, -0.25) is 4.72 Å². The molecule has 96 valence electrons. The molecule has 6 heteroatoms. The topological polar surface area (TPSA) is 46.2 Å². The van der Waals surface area contributed by atoms with Gasteiger partial charge in [0.1, 0.15) is 5.82 Å². The molecule has 0 heterocycles. The summed E-state index contributed by atoms with van der Waals surface area (Å²) in [6.45, 7) is 1.70. The van der Waals surface area contributed by atoms with Crippen molar-refractivity contribution in [1.29, 1.82) is 0 Å². The van der Waals surface area contributed by atoms with E-state index in [4.69, 9.17) is 11.6 Å². The van der Waals surface area contributed by atoms with Crippen LogP contribution >= 0.6 is 11.6 Å². The highest BCUT2D eigenvalue weighted by Crippen LogP contribution is 2.15. The van der Waals surface area contributed by atoms with E-state index in [9.17, 15) is 12.8 Å². The van der Waals surface area contributed by atoms with E-state index < -0.39 is 15.8 Å². The summed E-state index contributed by atoms with van der Waals surface area (Å²) in [5, 5.41) is 0. The van der Waals surface area contributed by atoms with Gasteiger partial charge in [0.15, 0.2) is 0 Å². The van der Waals surface area contributed by atoms with Crippen LogP contribution < -0.4 is 4.72 Å². The zero-order valence-electron chi connectivity index (χ0n) is 9.54. The average molecular weight is 280 g/mol. The van der Waals surface area contributed by atoms with Crippen molar-refractivity contribution in [2.45, 2.75) is 19.8 Å². The molecule has 0 fully saturated rings. The second kappa shape index (κ2) is 6.21. The predicted molar refractivity (Wildman–Crippen MR) is 68.5 cm³/mol. The van der Waals surface area contributed by atoms with Gasteiger partial charge in [0.25, 0.3) is 0 Å². The molecule has 1 N–H and O–H groups in total. The number of halogens is 2. The first-order valence-corrected chi connectivity index (χ1v) is 7.45. The first-order valence-electron chi connectivity index (χ1n) is 5.26. The van der Waals surface area contributed by atoms with Crippen LogP contribution in [0.2, 0.25) is 0 Å². The number of anilines is 1. The summed E-state index contributed by atoms with van der Waals surface area (Å²) in [5.41, 5.74) is 0.928. The van der Waals surface area contributed by atoms with E-state index in [1.807, 2.05) is 0 Å². The van der Waals surface area contributed by atoms with Crippen LogP contribution in [-0.2, 0) is 10.0 Å². The zero-order valence-corrected chi connectivity index (χ0v) is 11.1. The molecule has 1 aromatic carbocycles. The standard InChI is InChI=1S/C11H15ClFNO2S/c1-9-6-10(13)8-11(7-9)14-17(15,16)5-3-2-4-12/h6-8,14H,2-5H2,1H3. The smallest absolute Gasteiger partial charge is 0.232 e. The van der Waals surface area contributed by atoms with Crippen molar-refractivity contribution < 1.29 is 12.8 Å². The van der Waals surface area contributed by atoms with Crippen LogP contribution in [0.15, 0.2) is 18.2 Å². The van der Waals surface area contributed by atoms with Crippen LogP contribution in [0.1, 0.15) is 18.4 Å². The Kier molecular flexibility index (Phi) is 5.21. The molecule has 0 aliphatic carbocycles. The number of benzene rings is 1. The summed E-state index contributed by atoms with van der Waals surface area (Å²) < 4.78 is 38.6. The molecule has 0 saturated heterocycles. The Bertz CT molecular complexity index is 456. The SMILES string of the molecule is Cc1cc(F)cc(NS(=O)(=O)CCCCCl)c1. The predicted octanol–water partition coefficient (Wildman–Crippen LogP) is 2.89. The summed E-state index contributed by atoms with van der Waals surface area (Å²) in [6.07, 6.45) is 1.14. The summed E-state index contributed by atoms with van der Waals surface area (Å²) >= 11 is 5.47. The lowest BCUT2D eigenvalue weighted by molar-refractivity contribution is 0.598. The number of alkyl halides is 1. The van der Waals surface area contributed by atoms with Crippen molar-refractivity contribution in [3.63, 3.8) is 0 Å². The average Bonchev–Trinajstić information content (AvgIpc) is 2.14. The van der Waals surface area contributed by atoms with Gasteiger partial charge < -0.3 is 0 Å². The highest BCUT2D eigenvalue weighted by Gasteiger charge is 2.10. The third-order valence-electron chi connectivity index (χ3n) is 2.11. The number of rotatable bonds is 6. The minimum absolute atomic E-state index is 0.00468. The molecular weight excluding hydrogens is 265 g/mol. The van der Waals surface area contributed by atoms with Crippen molar-refractivity contribution in [1.82, 2.24) is 0 Å². The second-order valence-electron chi connectivity index (χ2n) is 3.83. The largest absolute Gasteiger partial charge is 0.283 e. The summed E-state index contributed by atoms with van der Waals surface area (Å²) in [6, 6.07) is 4.08. The highest BCUT2D eigenvalue weighted by atomic mass is 35.5. The van der Waals surface area contributed by atoms with Gasteiger partial charge in [0.2, 0.25) is 10.0 Å². The van der Waals surface area contributed by atoms with Gasteiger partial charge >= 0.3 is 0 Å². The molecule has 0 aromatic heterocycles. The fraction of sp³-hybridized carbons (Fsp3) is 0.455. The van der Waals surface area contributed by atoms with Gasteiger partial charge in [0, 0.05) is 5.88 Å². The molecule has 0 spiro atoms. The van der Waals surface area contributed by atoms with Gasteiger partial charge in [-0.05, 0) is 43.5 Å². The number of sulfonamides is 1. The highest BCUT2D eigenvalue weighted by molar-refractivity contribution is 7.92. The fourth-order valence-corrected chi connectivity index (χ4v) is 2.76. The van der Waals surface area contributed by atoms with Crippen LogP contribution in [0, 0.1) is 12.7 Å². The molecule has 0 bridgehead atoms. The minimum atomic E-state index is -3.42. The zero-order chi connectivity index (χ0) is 12.9. The van der Waals surface area contributed by atoms with E-state index in [0.717, 1.165) is 6.07 Å². The molecular formula is C11H15ClFNO2S. The second-order valence-corrected chi connectivity index (χ2v) is 6.05. The first-order chi connectivity index (χ1) is 7.93. The van der Waals surface area contributed by atoms with Crippen molar-refractivity contribution in [3.8, 4) is 0 Å². The molecule has 0 atom stereocenters. The van der Waals surface area contributed by atoms with Crippen molar-refractivity contribution in [2.24, 2.45) is 0 Å². The third kappa shape index (κ3) is 5.37. The van der Waals surface area contributed by atoms with E-state index in [2.05, 4.69) is 4.72 Å². The minimum Gasteiger partial charge on any atom is -0.283 e. The Hall–Kier alpha value is -0.810. The summed E-state index contributed by atoms with van der Waals surface area (Å²) in [5.74, 6) is -0.0207. The van der Waals surface area contributed by atoms with Crippen LogP contribution in [0.25, 0.3) is 0 Å². The molecule has 3 nitrogen and oxygen atoms in total. The van der Waals surface area contributed by atoms with Crippen molar-refractivity contribution in [2.75, 3.05) is 16.4 Å². The van der Waals surface area contributed by atoms with Gasteiger partial charge in [0.05, 0.1) is 11.4 Å². The molecule has 0 amide bonds. The lowest BCUT2D eigenvalue weighted by Crippen LogP contribution is -2.17. The normalized spacial score (nSPS) is 11.5. The Labute approximate surface area is 106 Å². The van der Waals surface area contributed by atoms with E-state index in [1.54, 1.807) is 13.0 Å². The van der Waals surface area contributed by atoms with Crippen LogP contribution in [0.5, 0.6) is 0 Å². The Balaban J connectivity index is 2.69. The maximum atomic E-state index is 13.1.